The maximum Gasteiger partial charge on any atom is 0.119 e. The molecule has 0 radical (unpaired) electrons. The zero-order chi connectivity index (χ0) is 18.0. The summed E-state index contributed by atoms with van der Waals surface area (Å²) in [4.78, 5) is 16.2. The number of benzene rings is 2. The van der Waals surface area contributed by atoms with Gasteiger partial charge >= 0.3 is 0 Å². The van der Waals surface area contributed by atoms with E-state index in [4.69, 9.17) is 4.74 Å². The van der Waals surface area contributed by atoms with Crippen molar-refractivity contribution in [1.82, 2.24) is 4.98 Å². The minimum Gasteiger partial charge on any atom is -0.545 e. The van der Waals surface area contributed by atoms with E-state index in [0.717, 1.165) is 16.9 Å². The molecular formula is C21H20NO3-. The van der Waals surface area contributed by atoms with Crippen LogP contribution in [0.25, 0.3) is 22.2 Å². The highest BCUT2D eigenvalue weighted by molar-refractivity contribution is 6.03. The van der Waals surface area contributed by atoms with Crippen molar-refractivity contribution in [2.75, 3.05) is 6.61 Å². The standard InChI is InChI=1S/C21H21NO3/c1-13(2)12-25-16-6-4-5-15(10-16)20-11-18(21(23)24)17-9-14(3)7-8-19(17)22-20/h4-11,13H,12H2,1-3H3,(H,23,24)/p-1. The van der Waals surface area contributed by atoms with Crippen molar-refractivity contribution in [2.24, 2.45) is 5.92 Å². The molecule has 0 bridgehead atoms. The lowest BCUT2D eigenvalue weighted by molar-refractivity contribution is -0.254. The number of carboxylic acid groups (broad SMARTS) is 1. The van der Waals surface area contributed by atoms with Crippen LogP contribution in [0.5, 0.6) is 5.75 Å². The number of carbonyl (C=O) groups is 1. The highest BCUT2D eigenvalue weighted by Gasteiger charge is 2.10. The molecule has 0 atom stereocenters. The van der Waals surface area contributed by atoms with Gasteiger partial charge in [0, 0.05) is 16.5 Å². The Labute approximate surface area is 147 Å². The van der Waals surface area contributed by atoms with Crippen LogP contribution in [0.15, 0.2) is 48.5 Å². The van der Waals surface area contributed by atoms with Gasteiger partial charge in [-0.05, 0) is 43.2 Å². The van der Waals surface area contributed by atoms with Crippen LogP contribution in [-0.2, 0) is 0 Å². The zero-order valence-electron chi connectivity index (χ0n) is 14.6. The summed E-state index contributed by atoms with van der Waals surface area (Å²) in [6, 6.07) is 14.7. The smallest absolute Gasteiger partial charge is 0.119 e. The van der Waals surface area contributed by atoms with Gasteiger partial charge in [-0.25, -0.2) is 4.98 Å². The Kier molecular flexibility index (Phi) is 4.70. The molecule has 0 unspecified atom stereocenters. The fourth-order valence-corrected chi connectivity index (χ4v) is 2.66. The molecule has 0 saturated heterocycles. The molecule has 4 nitrogen and oxygen atoms in total. The highest BCUT2D eigenvalue weighted by atomic mass is 16.5. The largest absolute Gasteiger partial charge is 0.545 e. The maximum atomic E-state index is 11.6. The van der Waals surface area contributed by atoms with Crippen molar-refractivity contribution in [1.29, 1.82) is 0 Å². The fourth-order valence-electron chi connectivity index (χ4n) is 2.66. The van der Waals surface area contributed by atoms with Gasteiger partial charge < -0.3 is 14.6 Å². The summed E-state index contributed by atoms with van der Waals surface area (Å²) in [5.74, 6) is -0.0335. The van der Waals surface area contributed by atoms with Gasteiger partial charge in [0.15, 0.2) is 0 Å². The minimum atomic E-state index is -1.20. The first kappa shape index (κ1) is 17.0. The van der Waals surface area contributed by atoms with Gasteiger partial charge in [0.2, 0.25) is 0 Å². The van der Waals surface area contributed by atoms with Crippen LogP contribution in [0, 0.1) is 12.8 Å². The number of hydrogen-bond acceptors (Lipinski definition) is 4. The third kappa shape index (κ3) is 3.79. The molecule has 0 spiro atoms. The van der Waals surface area contributed by atoms with E-state index in [1.54, 1.807) is 6.07 Å². The Balaban J connectivity index is 2.08. The molecular weight excluding hydrogens is 314 g/mol. The van der Waals surface area contributed by atoms with E-state index in [1.807, 2.05) is 49.4 Å². The Morgan fingerprint density at radius 3 is 2.68 bits per heavy atom. The van der Waals surface area contributed by atoms with E-state index >= 15 is 0 Å². The molecule has 4 heteroatoms. The second-order valence-electron chi connectivity index (χ2n) is 6.60. The quantitative estimate of drug-likeness (QED) is 0.715. The van der Waals surface area contributed by atoms with Crippen LogP contribution < -0.4 is 9.84 Å². The van der Waals surface area contributed by atoms with Crippen LogP contribution in [0.1, 0.15) is 29.8 Å². The molecule has 25 heavy (non-hydrogen) atoms. The fraction of sp³-hybridized carbons (Fsp3) is 0.238. The molecule has 1 aromatic heterocycles. The summed E-state index contributed by atoms with van der Waals surface area (Å²) < 4.78 is 5.75. The van der Waals surface area contributed by atoms with E-state index in [2.05, 4.69) is 18.8 Å². The van der Waals surface area contributed by atoms with E-state index in [-0.39, 0.29) is 5.56 Å². The third-order valence-corrected chi connectivity index (χ3v) is 3.90. The number of rotatable bonds is 5. The van der Waals surface area contributed by atoms with Gasteiger partial charge in [0.25, 0.3) is 0 Å². The number of nitrogens with zero attached hydrogens (tertiary/aromatic N) is 1. The number of aromatic carboxylic acids is 1. The number of carboxylic acids is 1. The van der Waals surface area contributed by atoms with Gasteiger partial charge in [-0.15, -0.1) is 0 Å². The molecule has 128 valence electrons. The monoisotopic (exact) mass is 334 g/mol. The third-order valence-electron chi connectivity index (χ3n) is 3.90. The van der Waals surface area contributed by atoms with Gasteiger partial charge in [-0.3, -0.25) is 0 Å². The summed E-state index contributed by atoms with van der Waals surface area (Å²) in [6.45, 7) is 6.71. The van der Waals surface area contributed by atoms with Crippen molar-refractivity contribution < 1.29 is 14.6 Å². The molecule has 3 aromatic rings. The summed E-state index contributed by atoms with van der Waals surface area (Å²) in [7, 11) is 0. The van der Waals surface area contributed by atoms with Gasteiger partial charge in [0.05, 0.1) is 23.8 Å². The lowest BCUT2D eigenvalue weighted by Crippen LogP contribution is -2.22. The number of aryl methyl sites for hydroxylation is 1. The average molecular weight is 334 g/mol. The van der Waals surface area contributed by atoms with Crippen LogP contribution >= 0.6 is 0 Å². The van der Waals surface area contributed by atoms with Crippen LogP contribution in [0.2, 0.25) is 0 Å². The topological polar surface area (TPSA) is 62.2 Å². The molecule has 2 aromatic carbocycles. The summed E-state index contributed by atoms with van der Waals surface area (Å²) in [5.41, 5.74) is 3.17. The molecule has 0 saturated carbocycles. The van der Waals surface area contributed by atoms with Crippen molar-refractivity contribution >= 4 is 16.9 Å². The van der Waals surface area contributed by atoms with E-state index in [9.17, 15) is 9.90 Å². The van der Waals surface area contributed by atoms with Crippen molar-refractivity contribution in [2.45, 2.75) is 20.8 Å². The Morgan fingerprint density at radius 1 is 1.16 bits per heavy atom. The summed E-state index contributed by atoms with van der Waals surface area (Å²) >= 11 is 0. The number of carbonyl (C=O) groups excluding carboxylic acids is 1. The number of pyridine rings is 1. The first-order chi connectivity index (χ1) is 11.9. The van der Waals surface area contributed by atoms with Gasteiger partial charge in [-0.2, -0.15) is 0 Å². The molecule has 0 fully saturated rings. The lowest BCUT2D eigenvalue weighted by atomic mass is 10.0. The van der Waals surface area contributed by atoms with Crippen LogP contribution in [0.3, 0.4) is 0 Å². The molecule has 0 amide bonds. The normalized spacial score (nSPS) is 11.0. The van der Waals surface area contributed by atoms with E-state index in [0.29, 0.717) is 29.1 Å². The molecule has 0 N–H and O–H groups in total. The Hall–Kier alpha value is -2.88. The zero-order valence-corrected chi connectivity index (χ0v) is 14.6. The van der Waals surface area contributed by atoms with Crippen LogP contribution in [-0.4, -0.2) is 17.6 Å². The molecule has 3 rings (SSSR count). The number of hydrogen-bond donors (Lipinski definition) is 0. The number of aromatic nitrogens is 1. The SMILES string of the molecule is Cc1ccc2nc(-c3cccc(OCC(C)C)c3)cc(C(=O)[O-])c2c1. The molecule has 0 aliphatic carbocycles. The Bertz CT molecular complexity index is 932. The predicted octanol–water partition coefficient (Wildman–Crippen LogP) is 3.61. The number of fused-ring (bicyclic) bond motifs is 1. The number of ether oxygens (including phenoxy) is 1. The first-order valence-electron chi connectivity index (χ1n) is 8.30. The first-order valence-corrected chi connectivity index (χ1v) is 8.30. The van der Waals surface area contributed by atoms with E-state index in [1.165, 1.54) is 0 Å². The minimum absolute atomic E-state index is 0.150. The van der Waals surface area contributed by atoms with Crippen molar-refractivity contribution in [3.05, 3.63) is 59.7 Å². The average Bonchev–Trinajstić information content (AvgIpc) is 2.59. The summed E-state index contributed by atoms with van der Waals surface area (Å²) in [6.07, 6.45) is 0. The summed E-state index contributed by atoms with van der Waals surface area (Å²) in [5, 5.41) is 12.2. The van der Waals surface area contributed by atoms with Gasteiger partial charge in [0.1, 0.15) is 5.75 Å². The van der Waals surface area contributed by atoms with Gasteiger partial charge in [-0.1, -0.05) is 37.6 Å². The Morgan fingerprint density at radius 2 is 1.96 bits per heavy atom. The molecule has 0 aliphatic rings. The maximum absolute atomic E-state index is 11.6. The predicted molar refractivity (Wildman–Crippen MR) is 96.6 cm³/mol. The highest BCUT2D eigenvalue weighted by Crippen LogP contribution is 2.27. The second kappa shape index (κ2) is 6.93. The van der Waals surface area contributed by atoms with E-state index < -0.39 is 5.97 Å². The van der Waals surface area contributed by atoms with Crippen molar-refractivity contribution in [3.63, 3.8) is 0 Å². The molecule has 1 heterocycles. The molecule has 0 aliphatic heterocycles. The van der Waals surface area contributed by atoms with Crippen molar-refractivity contribution in [3.8, 4) is 17.0 Å². The second-order valence-corrected chi connectivity index (χ2v) is 6.60. The lowest BCUT2D eigenvalue weighted by Gasteiger charge is -2.13. The van der Waals surface area contributed by atoms with Crippen LogP contribution in [0.4, 0.5) is 0 Å².